The Labute approximate surface area is 158 Å². The molecule has 1 nitrogen and oxygen atoms in total. The maximum atomic E-state index is 2.38. The lowest BCUT2D eigenvalue weighted by molar-refractivity contribution is 0.577. The zero-order valence-electron chi connectivity index (χ0n) is 17.2. The van der Waals surface area contributed by atoms with Crippen molar-refractivity contribution in [2.24, 2.45) is 0 Å². The van der Waals surface area contributed by atoms with E-state index in [0.717, 1.165) is 0 Å². The molecule has 0 saturated carbocycles. The summed E-state index contributed by atoms with van der Waals surface area (Å²) in [6.45, 7) is 13.7. The minimum atomic E-state index is 0.0879. The van der Waals surface area contributed by atoms with Gasteiger partial charge in [-0.25, -0.2) is 0 Å². The summed E-state index contributed by atoms with van der Waals surface area (Å²) in [5.41, 5.74) is 5.50. The summed E-state index contributed by atoms with van der Waals surface area (Å²) in [5, 5.41) is 2.57. The first-order chi connectivity index (χ1) is 12.1. The second-order valence-corrected chi connectivity index (χ2v) is 9.29. The molecular formula is C25H31N. The van der Waals surface area contributed by atoms with Crippen LogP contribution in [0.25, 0.3) is 10.8 Å². The van der Waals surface area contributed by atoms with Gasteiger partial charge in [0, 0.05) is 23.8 Å². The average Bonchev–Trinajstić information content (AvgIpc) is 2.58. The number of fused-ring (bicyclic) bond motifs is 1. The predicted octanol–water partition coefficient (Wildman–Crippen LogP) is 7.20. The van der Waals surface area contributed by atoms with Crippen LogP contribution in [0.5, 0.6) is 0 Å². The van der Waals surface area contributed by atoms with Gasteiger partial charge in [0.25, 0.3) is 0 Å². The Morgan fingerprint density at radius 3 is 1.96 bits per heavy atom. The van der Waals surface area contributed by atoms with Gasteiger partial charge in [-0.15, -0.1) is 0 Å². The van der Waals surface area contributed by atoms with Gasteiger partial charge < -0.3 is 4.90 Å². The molecule has 0 radical (unpaired) electrons. The van der Waals surface area contributed by atoms with Crippen LogP contribution < -0.4 is 4.90 Å². The molecular weight excluding hydrogens is 314 g/mol. The van der Waals surface area contributed by atoms with Crippen molar-refractivity contribution in [1.29, 1.82) is 0 Å². The molecule has 0 aromatic heterocycles. The minimum Gasteiger partial charge on any atom is -0.344 e. The molecule has 26 heavy (non-hydrogen) atoms. The van der Waals surface area contributed by atoms with Crippen molar-refractivity contribution in [3.05, 3.63) is 71.8 Å². The number of benzene rings is 3. The Bertz CT molecular complexity index is 918. The Kier molecular flexibility index (Phi) is 4.60. The number of hydrogen-bond acceptors (Lipinski definition) is 1. The molecule has 3 aromatic rings. The number of rotatable bonds is 2. The smallest absolute Gasteiger partial charge is 0.0487 e. The lowest BCUT2D eigenvalue weighted by Gasteiger charge is -2.32. The second-order valence-electron chi connectivity index (χ2n) is 9.29. The van der Waals surface area contributed by atoms with E-state index in [2.05, 4.69) is 114 Å². The van der Waals surface area contributed by atoms with Crippen LogP contribution in [0, 0.1) is 0 Å². The maximum absolute atomic E-state index is 2.38. The molecule has 0 aliphatic heterocycles. The van der Waals surface area contributed by atoms with Crippen LogP contribution in [0.1, 0.15) is 52.7 Å². The van der Waals surface area contributed by atoms with Gasteiger partial charge in [-0.1, -0.05) is 90.1 Å². The molecule has 0 amide bonds. The van der Waals surface area contributed by atoms with Crippen molar-refractivity contribution in [3.8, 4) is 0 Å². The predicted molar refractivity (Wildman–Crippen MR) is 116 cm³/mol. The van der Waals surface area contributed by atoms with Crippen molar-refractivity contribution in [2.45, 2.75) is 52.4 Å². The highest BCUT2D eigenvalue weighted by molar-refractivity contribution is 5.96. The first-order valence-corrected chi connectivity index (χ1v) is 9.45. The highest BCUT2D eigenvalue weighted by atomic mass is 15.1. The van der Waals surface area contributed by atoms with Crippen molar-refractivity contribution in [1.82, 2.24) is 0 Å². The first-order valence-electron chi connectivity index (χ1n) is 9.45. The summed E-state index contributed by atoms with van der Waals surface area (Å²) in [5.74, 6) is 0. The summed E-state index contributed by atoms with van der Waals surface area (Å²) >= 11 is 0. The van der Waals surface area contributed by atoms with Crippen LogP contribution in [0.3, 0.4) is 0 Å². The van der Waals surface area contributed by atoms with Gasteiger partial charge >= 0.3 is 0 Å². The van der Waals surface area contributed by atoms with E-state index < -0.39 is 0 Å². The third-order valence-electron chi connectivity index (χ3n) is 5.16. The average molecular weight is 346 g/mol. The van der Waals surface area contributed by atoms with Crippen molar-refractivity contribution >= 4 is 22.1 Å². The highest BCUT2D eigenvalue weighted by Gasteiger charge is 2.24. The molecule has 136 valence electrons. The van der Waals surface area contributed by atoms with Crippen LogP contribution in [0.2, 0.25) is 0 Å². The Morgan fingerprint density at radius 2 is 1.31 bits per heavy atom. The quantitative estimate of drug-likeness (QED) is 0.474. The van der Waals surface area contributed by atoms with Gasteiger partial charge in [0.2, 0.25) is 0 Å². The SMILES string of the molecule is CN(c1cc(C(C)(C)C)ccc1C(C)(C)C)c1cccc2ccccc12. The molecule has 0 N–H and O–H groups in total. The van der Waals surface area contributed by atoms with E-state index in [1.165, 1.54) is 33.3 Å². The molecule has 3 aromatic carbocycles. The van der Waals surface area contributed by atoms with Gasteiger partial charge in [0.15, 0.2) is 0 Å². The number of hydrogen-bond donors (Lipinski definition) is 0. The summed E-state index contributed by atoms with van der Waals surface area (Å²) < 4.78 is 0. The molecule has 1 heteroatoms. The zero-order valence-corrected chi connectivity index (χ0v) is 17.2. The summed E-state index contributed by atoms with van der Waals surface area (Å²) in [4.78, 5) is 2.36. The Hall–Kier alpha value is -2.28. The van der Waals surface area contributed by atoms with Gasteiger partial charge in [-0.3, -0.25) is 0 Å². The maximum Gasteiger partial charge on any atom is 0.0487 e. The van der Waals surface area contributed by atoms with Crippen LogP contribution in [0.4, 0.5) is 11.4 Å². The third kappa shape index (κ3) is 3.49. The Morgan fingerprint density at radius 1 is 0.654 bits per heavy atom. The van der Waals surface area contributed by atoms with Gasteiger partial charge in [-0.2, -0.15) is 0 Å². The van der Waals surface area contributed by atoms with E-state index in [0.29, 0.717) is 0 Å². The Balaban J connectivity index is 2.23. The fourth-order valence-corrected chi connectivity index (χ4v) is 3.54. The third-order valence-corrected chi connectivity index (χ3v) is 5.16. The molecule has 0 saturated heterocycles. The fraction of sp³-hybridized carbons (Fsp3) is 0.360. The minimum absolute atomic E-state index is 0.0879. The normalized spacial score (nSPS) is 12.4. The standard InChI is InChI=1S/C25H31N/c1-24(2,3)19-15-16-21(25(4,5)6)23(17-19)26(7)22-14-10-12-18-11-8-9-13-20(18)22/h8-17H,1-7H3. The monoisotopic (exact) mass is 345 g/mol. The molecule has 0 spiro atoms. The van der Waals surface area contributed by atoms with E-state index >= 15 is 0 Å². The molecule has 0 heterocycles. The van der Waals surface area contributed by atoms with Crippen LogP contribution >= 0.6 is 0 Å². The second kappa shape index (κ2) is 6.46. The molecule has 0 aliphatic rings. The van der Waals surface area contributed by atoms with Crippen LogP contribution in [-0.4, -0.2) is 7.05 Å². The van der Waals surface area contributed by atoms with Crippen molar-refractivity contribution < 1.29 is 0 Å². The molecule has 0 aliphatic carbocycles. The van der Waals surface area contributed by atoms with Crippen LogP contribution in [0.15, 0.2) is 60.7 Å². The molecule has 0 fully saturated rings. The van der Waals surface area contributed by atoms with Crippen molar-refractivity contribution in [2.75, 3.05) is 11.9 Å². The summed E-state index contributed by atoms with van der Waals surface area (Å²) in [7, 11) is 2.19. The van der Waals surface area contributed by atoms with Crippen LogP contribution in [-0.2, 0) is 10.8 Å². The lowest BCUT2D eigenvalue weighted by atomic mass is 9.80. The van der Waals surface area contributed by atoms with E-state index in [9.17, 15) is 0 Å². The molecule has 0 atom stereocenters. The topological polar surface area (TPSA) is 3.24 Å². The molecule has 0 bridgehead atoms. The highest BCUT2D eigenvalue weighted by Crippen LogP contribution is 2.39. The van der Waals surface area contributed by atoms with Gasteiger partial charge in [-0.05, 0) is 39.5 Å². The molecule has 3 rings (SSSR count). The van der Waals surface area contributed by atoms with Gasteiger partial charge in [0.05, 0.1) is 0 Å². The number of anilines is 2. The van der Waals surface area contributed by atoms with Crippen molar-refractivity contribution in [3.63, 3.8) is 0 Å². The lowest BCUT2D eigenvalue weighted by Crippen LogP contribution is -2.21. The first kappa shape index (κ1) is 18.5. The zero-order chi connectivity index (χ0) is 19.1. The number of nitrogens with zero attached hydrogens (tertiary/aromatic N) is 1. The van der Waals surface area contributed by atoms with E-state index in [4.69, 9.17) is 0 Å². The summed E-state index contributed by atoms with van der Waals surface area (Å²) in [6.07, 6.45) is 0. The summed E-state index contributed by atoms with van der Waals surface area (Å²) in [6, 6.07) is 22.2. The molecule has 0 unspecified atom stereocenters. The van der Waals surface area contributed by atoms with E-state index in [1.54, 1.807) is 0 Å². The van der Waals surface area contributed by atoms with E-state index in [1.807, 2.05) is 0 Å². The van der Waals surface area contributed by atoms with E-state index in [-0.39, 0.29) is 10.8 Å². The van der Waals surface area contributed by atoms with Gasteiger partial charge in [0.1, 0.15) is 0 Å². The largest absolute Gasteiger partial charge is 0.344 e. The fourth-order valence-electron chi connectivity index (χ4n) is 3.54.